The Hall–Kier alpha value is -6.70. The van der Waals surface area contributed by atoms with Crippen molar-refractivity contribution in [1.82, 2.24) is 0 Å². The molecule has 0 spiro atoms. The quantitative estimate of drug-likeness (QED) is 0.174. The van der Waals surface area contributed by atoms with E-state index in [0.29, 0.717) is 0 Å². The molecular formula is C50H30O. The molecule has 0 saturated carbocycles. The highest BCUT2D eigenvalue weighted by Crippen LogP contribution is 2.40. The molecule has 0 radical (unpaired) electrons. The molecule has 0 fully saturated rings. The maximum Gasteiger partial charge on any atom is 0.135 e. The summed E-state index contributed by atoms with van der Waals surface area (Å²) in [6.07, 6.45) is 0. The summed E-state index contributed by atoms with van der Waals surface area (Å²) < 4.78 is 6.33. The first-order valence-electron chi connectivity index (χ1n) is 17.6. The van der Waals surface area contributed by atoms with E-state index in [-0.39, 0.29) is 0 Å². The molecule has 0 saturated heterocycles. The van der Waals surface area contributed by atoms with E-state index in [1.54, 1.807) is 0 Å². The lowest BCUT2D eigenvalue weighted by atomic mass is 9.90. The molecule has 10 aromatic carbocycles. The van der Waals surface area contributed by atoms with Crippen molar-refractivity contribution >= 4 is 75.8 Å². The highest BCUT2D eigenvalue weighted by molar-refractivity contribution is 6.21. The lowest BCUT2D eigenvalue weighted by molar-refractivity contribution is 0.669. The van der Waals surface area contributed by atoms with Crippen molar-refractivity contribution in [3.63, 3.8) is 0 Å². The van der Waals surface area contributed by atoms with Crippen LogP contribution >= 0.6 is 0 Å². The summed E-state index contributed by atoms with van der Waals surface area (Å²) in [5, 5.41) is 14.9. The molecule has 1 aromatic heterocycles. The average molecular weight is 647 g/mol. The minimum atomic E-state index is 0.906. The molecule has 11 rings (SSSR count). The first-order chi connectivity index (χ1) is 25.2. The van der Waals surface area contributed by atoms with Crippen LogP contribution in [0.3, 0.4) is 0 Å². The molecule has 0 amide bonds. The van der Waals surface area contributed by atoms with Crippen LogP contribution in [0.25, 0.3) is 109 Å². The summed E-state index contributed by atoms with van der Waals surface area (Å²) >= 11 is 0. The van der Waals surface area contributed by atoms with E-state index in [2.05, 4.69) is 182 Å². The van der Waals surface area contributed by atoms with Crippen molar-refractivity contribution in [1.29, 1.82) is 0 Å². The number of hydrogen-bond donors (Lipinski definition) is 0. The highest BCUT2D eigenvalue weighted by Gasteiger charge is 2.14. The number of rotatable bonds is 3. The molecule has 1 heteroatoms. The Bertz CT molecular complexity index is 3200. The van der Waals surface area contributed by atoms with Crippen LogP contribution in [0.4, 0.5) is 0 Å². The molecule has 236 valence electrons. The Kier molecular flexibility index (Phi) is 6.02. The van der Waals surface area contributed by atoms with Crippen LogP contribution in [0.2, 0.25) is 0 Å². The summed E-state index contributed by atoms with van der Waals surface area (Å²) in [5.74, 6) is 0. The first-order valence-corrected chi connectivity index (χ1v) is 17.6. The zero-order valence-electron chi connectivity index (χ0n) is 27.7. The summed E-state index contributed by atoms with van der Waals surface area (Å²) in [6.45, 7) is 0. The van der Waals surface area contributed by atoms with Gasteiger partial charge in [0.2, 0.25) is 0 Å². The van der Waals surface area contributed by atoms with Crippen LogP contribution in [0.5, 0.6) is 0 Å². The molecule has 0 unspecified atom stereocenters. The van der Waals surface area contributed by atoms with Gasteiger partial charge in [0.1, 0.15) is 11.2 Å². The summed E-state index contributed by atoms with van der Waals surface area (Å²) in [5.41, 5.74) is 9.06. The maximum atomic E-state index is 6.33. The largest absolute Gasteiger partial charge is 0.456 e. The molecule has 0 aliphatic carbocycles. The Morgan fingerprint density at radius 3 is 1.43 bits per heavy atom. The lowest BCUT2D eigenvalue weighted by Gasteiger charge is -2.14. The molecule has 11 aromatic rings. The molecule has 0 bridgehead atoms. The van der Waals surface area contributed by atoms with Gasteiger partial charge >= 0.3 is 0 Å². The van der Waals surface area contributed by atoms with E-state index in [9.17, 15) is 0 Å². The van der Waals surface area contributed by atoms with E-state index in [0.717, 1.165) is 21.9 Å². The van der Waals surface area contributed by atoms with Gasteiger partial charge in [0.25, 0.3) is 0 Å². The average Bonchev–Trinajstić information content (AvgIpc) is 3.57. The van der Waals surface area contributed by atoms with Gasteiger partial charge in [-0.2, -0.15) is 0 Å². The molecule has 1 heterocycles. The van der Waals surface area contributed by atoms with Gasteiger partial charge in [-0.25, -0.2) is 0 Å². The van der Waals surface area contributed by atoms with Crippen LogP contribution in [-0.4, -0.2) is 0 Å². The van der Waals surface area contributed by atoms with Gasteiger partial charge in [0.05, 0.1) is 0 Å². The SMILES string of the molecule is c1ccc2cc(-c3ccc4oc5ccc(-c6ccc7ccc(-c8cc9c%10ccccc%10ccc9c9ccccc89)cc7c6)cc5c4c3)ccc2c1. The maximum absolute atomic E-state index is 6.33. The van der Waals surface area contributed by atoms with Gasteiger partial charge in [0.15, 0.2) is 0 Å². The normalized spacial score (nSPS) is 11.9. The summed E-state index contributed by atoms with van der Waals surface area (Å²) in [6, 6.07) is 66.5. The third-order valence-corrected chi connectivity index (χ3v) is 10.8. The predicted octanol–water partition coefficient (Wildman–Crippen LogP) is 14.4. The fourth-order valence-corrected chi connectivity index (χ4v) is 8.20. The Labute approximate surface area is 294 Å². The zero-order valence-corrected chi connectivity index (χ0v) is 27.7. The predicted molar refractivity (Wildman–Crippen MR) is 218 cm³/mol. The fraction of sp³-hybridized carbons (Fsp3) is 0. The van der Waals surface area contributed by atoms with Gasteiger partial charge in [-0.05, 0) is 136 Å². The van der Waals surface area contributed by atoms with Crippen LogP contribution < -0.4 is 0 Å². The fourth-order valence-electron chi connectivity index (χ4n) is 8.20. The van der Waals surface area contributed by atoms with Crippen molar-refractivity contribution in [2.24, 2.45) is 0 Å². The first kappa shape index (κ1) is 28.2. The zero-order chi connectivity index (χ0) is 33.5. The van der Waals surface area contributed by atoms with E-state index < -0.39 is 0 Å². The molecule has 1 nitrogen and oxygen atoms in total. The molecule has 0 aliphatic heterocycles. The Morgan fingerprint density at radius 1 is 0.235 bits per heavy atom. The minimum absolute atomic E-state index is 0.906. The standard InChI is InChI=1S/C50H30O/c1-2-9-34-25-35(16-13-31(34)7-1)37-20-23-49-47(28-37)48-29-38(21-24-50(48)51-49)36-17-14-32-15-18-39(27-40(32)26-36)45-30-46-41-10-4-3-8-33(41)19-22-44(46)42-11-5-6-12-43(42)45/h1-30H. The number of benzene rings is 10. The number of fused-ring (bicyclic) bond motifs is 10. The third-order valence-electron chi connectivity index (χ3n) is 10.8. The van der Waals surface area contributed by atoms with Crippen molar-refractivity contribution in [2.75, 3.05) is 0 Å². The molecule has 51 heavy (non-hydrogen) atoms. The highest BCUT2D eigenvalue weighted by atomic mass is 16.3. The second kappa shape index (κ2) is 10.9. The molecular weight excluding hydrogens is 617 g/mol. The van der Waals surface area contributed by atoms with Crippen LogP contribution in [0.15, 0.2) is 186 Å². The summed E-state index contributed by atoms with van der Waals surface area (Å²) in [7, 11) is 0. The van der Waals surface area contributed by atoms with Crippen molar-refractivity contribution in [3.8, 4) is 33.4 Å². The topological polar surface area (TPSA) is 13.1 Å². The second-order valence-electron chi connectivity index (χ2n) is 13.7. The smallest absolute Gasteiger partial charge is 0.135 e. The van der Waals surface area contributed by atoms with Crippen molar-refractivity contribution < 1.29 is 4.42 Å². The van der Waals surface area contributed by atoms with E-state index >= 15 is 0 Å². The minimum Gasteiger partial charge on any atom is -0.456 e. The van der Waals surface area contributed by atoms with Crippen LogP contribution in [0.1, 0.15) is 0 Å². The van der Waals surface area contributed by atoms with E-state index in [1.807, 2.05) is 0 Å². The Balaban J connectivity index is 1.04. The van der Waals surface area contributed by atoms with Crippen LogP contribution in [0, 0.1) is 0 Å². The molecule has 0 N–H and O–H groups in total. The van der Waals surface area contributed by atoms with Crippen molar-refractivity contribution in [3.05, 3.63) is 182 Å². The van der Waals surface area contributed by atoms with E-state index in [4.69, 9.17) is 4.42 Å². The van der Waals surface area contributed by atoms with Gasteiger partial charge in [-0.3, -0.25) is 0 Å². The third kappa shape index (κ3) is 4.49. The molecule has 0 atom stereocenters. The van der Waals surface area contributed by atoms with Gasteiger partial charge in [-0.15, -0.1) is 0 Å². The Morgan fingerprint density at radius 2 is 0.706 bits per heavy atom. The summed E-state index contributed by atoms with van der Waals surface area (Å²) in [4.78, 5) is 0. The molecule has 0 aliphatic rings. The van der Waals surface area contributed by atoms with E-state index in [1.165, 1.54) is 87.2 Å². The second-order valence-corrected chi connectivity index (χ2v) is 13.7. The van der Waals surface area contributed by atoms with Gasteiger partial charge in [-0.1, -0.05) is 133 Å². The van der Waals surface area contributed by atoms with Crippen molar-refractivity contribution in [2.45, 2.75) is 0 Å². The van der Waals surface area contributed by atoms with Gasteiger partial charge < -0.3 is 4.42 Å². The number of hydrogen-bond acceptors (Lipinski definition) is 1. The number of furan rings is 1. The monoisotopic (exact) mass is 646 g/mol. The lowest BCUT2D eigenvalue weighted by Crippen LogP contribution is -1.87. The van der Waals surface area contributed by atoms with Gasteiger partial charge in [0, 0.05) is 10.8 Å². The van der Waals surface area contributed by atoms with Crippen LogP contribution in [-0.2, 0) is 0 Å².